The standard InChI is InChI=1S/C13H10Cl2F3N3O/c1-2-19-12(22)9-11(13(16,17)18)21(6-20-9)10-7(14)4-3-5-8(10)15/h3-6H,2H2,1H3,(H,19,22). The molecular weight excluding hydrogens is 342 g/mol. The lowest BCUT2D eigenvalue weighted by Gasteiger charge is -2.15. The number of hydrogen-bond acceptors (Lipinski definition) is 2. The number of amides is 1. The molecule has 22 heavy (non-hydrogen) atoms. The van der Waals surface area contributed by atoms with Crippen LogP contribution in [-0.4, -0.2) is 22.0 Å². The van der Waals surface area contributed by atoms with Crippen LogP contribution in [0.3, 0.4) is 0 Å². The third-order valence-corrected chi connectivity index (χ3v) is 3.38. The minimum atomic E-state index is -4.81. The van der Waals surface area contributed by atoms with Crippen LogP contribution in [0.5, 0.6) is 0 Å². The highest BCUT2D eigenvalue weighted by molar-refractivity contribution is 6.37. The van der Waals surface area contributed by atoms with Gasteiger partial charge in [-0.15, -0.1) is 0 Å². The molecule has 0 aliphatic rings. The van der Waals surface area contributed by atoms with E-state index in [0.29, 0.717) is 4.57 Å². The van der Waals surface area contributed by atoms with E-state index in [2.05, 4.69) is 10.3 Å². The number of nitrogens with one attached hydrogen (secondary N) is 1. The summed E-state index contributed by atoms with van der Waals surface area (Å²) in [6.45, 7) is 1.77. The molecule has 0 spiro atoms. The zero-order chi connectivity index (χ0) is 16.5. The van der Waals surface area contributed by atoms with Crippen molar-refractivity contribution in [3.8, 4) is 5.69 Å². The number of benzene rings is 1. The number of halogens is 5. The van der Waals surface area contributed by atoms with Gasteiger partial charge in [0.25, 0.3) is 5.91 Å². The summed E-state index contributed by atoms with van der Waals surface area (Å²) in [6, 6.07) is 4.30. The zero-order valence-electron chi connectivity index (χ0n) is 11.2. The van der Waals surface area contributed by atoms with Crippen molar-refractivity contribution in [1.82, 2.24) is 14.9 Å². The van der Waals surface area contributed by atoms with Gasteiger partial charge in [0.2, 0.25) is 0 Å². The Morgan fingerprint density at radius 2 is 1.91 bits per heavy atom. The summed E-state index contributed by atoms with van der Waals surface area (Å²) in [5, 5.41) is 2.31. The van der Waals surface area contributed by atoms with Crippen molar-refractivity contribution in [2.75, 3.05) is 6.54 Å². The summed E-state index contributed by atoms with van der Waals surface area (Å²) in [4.78, 5) is 15.3. The molecule has 118 valence electrons. The molecule has 1 N–H and O–H groups in total. The van der Waals surface area contributed by atoms with Crippen LogP contribution in [-0.2, 0) is 6.18 Å². The first-order chi connectivity index (χ1) is 10.3. The highest BCUT2D eigenvalue weighted by Crippen LogP contribution is 2.37. The van der Waals surface area contributed by atoms with Crippen molar-refractivity contribution in [2.45, 2.75) is 13.1 Å². The second kappa shape index (κ2) is 6.18. The molecule has 2 rings (SSSR count). The third-order valence-electron chi connectivity index (χ3n) is 2.77. The fraction of sp³-hybridized carbons (Fsp3) is 0.231. The molecule has 0 saturated carbocycles. The Morgan fingerprint density at radius 3 is 2.41 bits per heavy atom. The van der Waals surface area contributed by atoms with Crippen LogP contribution < -0.4 is 5.32 Å². The van der Waals surface area contributed by atoms with Crippen molar-refractivity contribution >= 4 is 29.1 Å². The average molecular weight is 352 g/mol. The molecule has 2 aromatic rings. The summed E-state index contributed by atoms with van der Waals surface area (Å²) >= 11 is 11.9. The maximum Gasteiger partial charge on any atom is 0.434 e. The van der Waals surface area contributed by atoms with Crippen molar-refractivity contribution in [1.29, 1.82) is 0 Å². The quantitative estimate of drug-likeness (QED) is 0.909. The first-order valence-corrected chi connectivity index (χ1v) is 6.90. The molecule has 1 heterocycles. The van der Waals surface area contributed by atoms with Gasteiger partial charge < -0.3 is 5.32 Å². The molecule has 0 aliphatic carbocycles. The summed E-state index contributed by atoms with van der Waals surface area (Å²) in [5.41, 5.74) is -2.04. The molecule has 1 amide bonds. The normalized spacial score (nSPS) is 11.5. The summed E-state index contributed by atoms with van der Waals surface area (Å²) in [6.07, 6.45) is -3.93. The van der Waals surface area contributed by atoms with Gasteiger partial charge in [-0.1, -0.05) is 29.3 Å². The molecule has 4 nitrogen and oxygen atoms in total. The molecule has 0 fully saturated rings. The number of imidazole rings is 1. The Hall–Kier alpha value is -1.73. The van der Waals surface area contributed by atoms with Crippen LogP contribution in [0.2, 0.25) is 10.0 Å². The second-order valence-electron chi connectivity index (χ2n) is 4.24. The molecule has 1 aromatic carbocycles. The van der Waals surface area contributed by atoms with Crippen LogP contribution in [0.15, 0.2) is 24.5 Å². The van der Waals surface area contributed by atoms with Gasteiger partial charge in [-0.05, 0) is 19.1 Å². The summed E-state index contributed by atoms with van der Waals surface area (Å²) in [7, 11) is 0. The molecule has 0 saturated heterocycles. The monoisotopic (exact) mass is 351 g/mol. The van der Waals surface area contributed by atoms with Gasteiger partial charge in [0.05, 0.1) is 15.7 Å². The second-order valence-corrected chi connectivity index (χ2v) is 5.05. The Kier molecular flexibility index (Phi) is 4.67. The Labute approximate surface area is 133 Å². The first-order valence-electron chi connectivity index (χ1n) is 6.14. The van der Waals surface area contributed by atoms with E-state index < -0.39 is 23.5 Å². The number of para-hydroxylation sites is 1. The largest absolute Gasteiger partial charge is 0.434 e. The van der Waals surface area contributed by atoms with E-state index in [1.54, 1.807) is 6.92 Å². The highest BCUT2D eigenvalue weighted by atomic mass is 35.5. The lowest BCUT2D eigenvalue weighted by Crippen LogP contribution is -2.27. The molecule has 9 heteroatoms. The molecule has 0 unspecified atom stereocenters. The number of carbonyl (C=O) groups is 1. The van der Waals surface area contributed by atoms with Crippen molar-refractivity contribution in [2.24, 2.45) is 0 Å². The smallest absolute Gasteiger partial charge is 0.351 e. The topological polar surface area (TPSA) is 46.9 Å². The summed E-state index contributed by atoms with van der Waals surface area (Å²) < 4.78 is 40.8. The SMILES string of the molecule is CCNC(=O)c1ncn(-c2c(Cl)cccc2Cl)c1C(F)(F)F. The Balaban J connectivity index is 2.71. The van der Waals surface area contributed by atoms with Gasteiger partial charge in [-0.2, -0.15) is 13.2 Å². The van der Waals surface area contributed by atoms with Crippen molar-refractivity contribution < 1.29 is 18.0 Å². The van der Waals surface area contributed by atoms with Crippen LogP contribution in [0.4, 0.5) is 13.2 Å². The fourth-order valence-corrected chi connectivity index (χ4v) is 2.50. The third kappa shape index (κ3) is 3.05. The number of nitrogens with zero attached hydrogens (tertiary/aromatic N) is 2. The number of aromatic nitrogens is 2. The van der Waals surface area contributed by atoms with E-state index in [1.165, 1.54) is 18.2 Å². The lowest BCUT2D eigenvalue weighted by atomic mass is 10.2. The van der Waals surface area contributed by atoms with Gasteiger partial charge in [-0.3, -0.25) is 9.36 Å². The zero-order valence-corrected chi connectivity index (χ0v) is 12.7. The number of alkyl halides is 3. The summed E-state index contributed by atoms with van der Waals surface area (Å²) in [5.74, 6) is -0.920. The maximum absolute atomic E-state index is 13.4. The van der Waals surface area contributed by atoms with Crippen molar-refractivity contribution in [3.05, 3.63) is 46.0 Å². The molecule has 0 radical (unpaired) electrons. The van der Waals surface area contributed by atoms with E-state index in [9.17, 15) is 18.0 Å². The fourth-order valence-electron chi connectivity index (χ4n) is 1.92. The molecular formula is C13H10Cl2F3N3O. The van der Waals surface area contributed by atoms with E-state index in [1.807, 2.05) is 0 Å². The van der Waals surface area contributed by atoms with Crippen LogP contribution in [0.25, 0.3) is 5.69 Å². The highest BCUT2D eigenvalue weighted by Gasteiger charge is 2.41. The van der Waals surface area contributed by atoms with Gasteiger partial charge >= 0.3 is 6.18 Å². The predicted octanol–water partition coefficient (Wildman–Crippen LogP) is 3.95. The minimum Gasteiger partial charge on any atom is -0.351 e. The Bertz CT molecular complexity index is 693. The van der Waals surface area contributed by atoms with Crippen LogP contribution in [0.1, 0.15) is 23.1 Å². The molecule has 1 aromatic heterocycles. The van der Waals surface area contributed by atoms with E-state index in [0.717, 1.165) is 6.33 Å². The molecule has 0 aliphatic heterocycles. The predicted molar refractivity (Wildman–Crippen MR) is 76.6 cm³/mol. The van der Waals surface area contributed by atoms with Crippen LogP contribution >= 0.6 is 23.2 Å². The van der Waals surface area contributed by atoms with E-state index in [4.69, 9.17) is 23.2 Å². The lowest BCUT2D eigenvalue weighted by molar-refractivity contribution is -0.142. The minimum absolute atomic E-state index is 0.0119. The number of carbonyl (C=O) groups excluding carboxylic acids is 1. The van der Waals surface area contributed by atoms with Crippen LogP contribution in [0, 0.1) is 0 Å². The average Bonchev–Trinajstić information content (AvgIpc) is 2.83. The molecule has 0 bridgehead atoms. The Morgan fingerprint density at radius 1 is 1.32 bits per heavy atom. The molecule has 0 atom stereocenters. The number of rotatable bonds is 3. The van der Waals surface area contributed by atoms with E-state index >= 15 is 0 Å². The first kappa shape index (κ1) is 16.6. The van der Waals surface area contributed by atoms with Gasteiger partial charge in [-0.25, -0.2) is 4.98 Å². The number of hydrogen-bond donors (Lipinski definition) is 1. The maximum atomic E-state index is 13.4. The van der Waals surface area contributed by atoms with Gasteiger partial charge in [0.1, 0.15) is 6.33 Å². The van der Waals surface area contributed by atoms with Gasteiger partial charge in [0.15, 0.2) is 11.4 Å². The van der Waals surface area contributed by atoms with E-state index in [-0.39, 0.29) is 22.3 Å². The van der Waals surface area contributed by atoms with Gasteiger partial charge in [0, 0.05) is 6.54 Å². The van der Waals surface area contributed by atoms with Crippen molar-refractivity contribution in [3.63, 3.8) is 0 Å².